The molecule has 1 aliphatic heterocycles. The van der Waals surface area contributed by atoms with E-state index in [0.717, 1.165) is 22.0 Å². The molecular formula is C20H15NO4S. The third-order valence-corrected chi connectivity index (χ3v) is 4.81. The number of thiazole rings is 1. The van der Waals surface area contributed by atoms with Crippen LogP contribution in [0.1, 0.15) is 16.1 Å². The summed E-state index contributed by atoms with van der Waals surface area (Å²) in [5, 5.41) is 2.79. The summed E-state index contributed by atoms with van der Waals surface area (Å²) in [5.74, 6) is 1.93. The van der Waals surface area contributed by atoms with E-state index in [-0.39, 0.29) is 12.6 Å². The van der Waals surface area contributed by atoms with E-state index < -0.39 is 0 Å². The summed E-state index contributed by atoms with van der Waals surface area (Å²) in [6.07, 6.45) is 3.23. The van der Waals surface area contributed by atoms with Crippen molar-refractivity contribution >= 4 is 23.2 Å². The van der Waals surface area contributed by atoms with Crippen molar-refractivity contribution in [3.8, 4) is 27.8 Å². The zero-order valence-electron chi connectivity index (χ0n) is 14.0. The molecule has 0 saturated carbocycles. The van der Waals surface area contributed by atoms with Crippen LogP contribution < -0.4 is 14.2 Å². The number of allylic oxidation sites excluding steroid dienone is 1. The monoisotopic (exact) mass is 365 g/mol. The molecule has 130 valence electrons. The molecule has 0 unspecified atom stereocenters. The highest BCUT2D eigenvalue weighted by atomic mass is 32.1. The number of rotatable bonds is 5. The Kier molecular flexibility index (Phi) is 4.41. The number of aromatic nitrogens is 1. The number of carbonyl (C=O) groups excluding carboxylic acids is 1. The smallest absolute Gasteiger partial charge is 0.231 e. The van der Waals surface area contributed by atoms with E-state index in [1.165, 1.54) is 17.4 Å². The summed E-state index contributed by atoms with van der Waals surface area (Å²) >= 11 is 1.52. The molecular weight excluding hydrogens is 350 g/mol. The van der Waals surface area contributed by atoms with Crippen LogP contribution in [0.4, 0.5) is 0 Å². The Balaban J connectivity index is 1.50. The molecule has 4 rings (SSSR count). The SMILES string of the molecule is COc1cccc(-c2nc(/C=C/C(=O)c3ccc4c(c3)OCO4)cs2)c1. The van der Waals surface area contributed by atoms with Gasteiger partial charge >= 0.3 is 0 Å². The van der Waals surface area contributed by atoms with Crippen molar-refractivity contribution in [3.63, 3.8) is 0 Å². The van der Waals surface area contributed by atoms with Gasteiger partial charge in [-0.1, -0.05) is 12.1 Å². The minimum absolute atomic E-state index is 0.112. The number of fused-ring (bicyclic) bond motifs is 1. The number of benzene rings is 2. The Morgan fingerprint density at radius 3 is 2.96 bits per heavy atom. The molecule has 2 aromatic carbocycles. The van der Waals surface area contributed by atoms with E-state index in [1.807, 2.05) is 29.6 Å². The van der Waals surface area contributed by atoms with Crippen LogP contribution in [-0.2, 0) is 0 Å². The number of hydrogen-bond donors (Lipinski definition) is 0. The molecule has 0 radical (unpaired) electrons. The number of methoxy groups -OCH3 is 1. The van der Waals surface area contributed by atoms with E-state index in [0.29, 0.717) is 17.1 Å². The van der Waals surface area contributed by atoms with Gasteiger partial charge < -0.3 is 14.2 Å². The first-order chi connectivity index (χ1) is 12.7. The Morgan fingerprint density at radius 2 is 2.08 bits per heavy atom. The largest absolute Gasteiger partial charge is 0.497 e. The van der Waals surface area contributed by atoms with E-state index in [2.05, 4.69) is 4.98 Å². The van der Waals surface area contributed by atoms with Gasteiger partial charge in [-0.25, -0.2) is 4.98 Å². The second kappa shape index (κ2) is 7.01. The molecule has 3 aromatic rings. The van der Waals surface area contributed by atoms with Crippen LogP contribution >= 0.6 is 11.3 Å². The van der Waals surface area contributed by atoms with E-state index in [1.54, 1.807) is 31.4 Å². The highest BCUT2D eigenvalue weighted by molar-refractivity contribution is 7.13. The van der Waals surface area contributed by atoms with Crippen LogP contribution in [0.2, 0.25) is 0 Å². The third-order valence-electron chi connectivity index (χ3n) is 3.90. The topological polar surface area (TPSA) is 57.7 Å². The molecule has 1 aromatic heterocycles. The molecule has 0 N–H and O–H groups in total. The summed E-state index contributed by atoms with van der Waals surface area (Å²) < 4.78 is 15.8. The first kappa shape index (κ1) is 16.4. The lowest BCUT2D eigenvalue weighted by atomic mass is 10.1. The fourth-order valence-electron chi connectivity index (χ4n) is 2.56. The second-order valence-corrected chi connectivity index (χ2v) is 6.43. The molecule has 2 heterocycles. The summed E-state index contributed by atoms with van der Waals surface area (Å²) in [5.41, 5.74) is 2.27. The highest BCUT2D eigenvalue weighted by Crippen LogP contribution is 2.33. The summed E-state index contributed by atoms with van der Waals surface area (Å²) in [7, 11) is 1.64. The van der Waals surface area contributed by atoms with Crippen LogP contribution in [0.15, 0.2) is 53.9 Å². The predicted octanol–water partition coefficient (Wildman–Crippen LogP) is 4.44. The number of nitrogens with zero attached hydrogens (tertiary/aromatic N) is 1. The van der Waals surface area contributed by atoms with Crippen molar-refractivity contribution in [2.75, 3.05) is 13.9 Å². The van der Waals surface area contributed by atoms with Crippen LogP contribution in [0.3, 0.4) is 0 Å². The maximum absolute atomic E-state index is 12.4. The van der Waals surface area contributed by atoms with Crippen molar-refractivity contribution in [2.45, 2.75) is 0 Å². The van der Waals surface area contributed by atoms with E-state index in [4.69, 9.17) is 14.2 Å². The number of hydrogen-bond acceptors (Lipinski definition) is 6. The van der Waals surface area contributed by atoms with Crippen molar-refractivity contribution in [2.24, 2.45) is 0 Å². The van der Waals surface area contributed by atoms with Gasteiger partial charge in [-0.15, -0.1) is 11.3 Å². The van der Waals surface area contributed by atoms with Gasteiger partial charge in [0, 0.05) is 16.5 Å². The maximum atomic E-state index is 12.4. The van der Waals surface area contributed by atoms with Gasteiger partial charge in [-0.3, -0.25) is 4.79 Å². The van der Waals surface area contributed by atoms with Gasteiger partial charge in [-0.05, 0) is 42.5 Å². The Morgan fingerprint density at radius 1 is 1.19 bits per heavy atom. The minimum atomic E-state index is -0.112. The average molecular weight is 365 g/mol. The number of ether oxygens (including phenoxy) is 3. The summed E-state index contributed by atoms with van der Waals surface area (Å²) in [6, 6.07) is 12.9. The molecule has 0 spiro atoms. The lowest BCUT2D eigenvalue weighted by Gasteiger charge is -2.01. The fourth-order valence-corrected chi connectivity index (χ4v) is 3.34. The van der Waals surface area contributed by atoms with Crippen LogP contribution in [-0.4, -0.2) is 24.7 Å². The highest BCUT2D eigenvalue weighted by Gasteiger charge is 2.15. The first-order valence-corrected chi connectivity index (χ1v) is 8.83. The van der Waals surface area contributed by atoms with Gasteiger partial charge in [0.05, 0.1) is 12.8 Å². The number of carbonyl (C=O) groups is 1. The molecule has 0 aliphatic carbocycles. The Bertz CT molecular complexity index is 993. The molecule has 0 amide bonds. The zero-order chi connectivity index (χ0) is 17.9. The van der Waals surface area contributed by atoms with Gasteiger partial charge in [-0.2, -0.15) is 0 Å². The zero-order valence-corrected chi connectivity index (χ0v) is 14.8. The molecule has 5 nitrogen and oxygen atoms in total. The maximum Gasteiger partial charge on any atom is 0.231 e. The average Bonchev–Trinajstić information content (AvgIpc) is 3.34. The molecule has 0 fully saturated rings. The van der Waals surface area contributed by atoms with E-state index in [9.17, 15) is 4.79 Å². The lowest BCUT2D eigenvalue weighted by molar-refractivity contribution is 0.104. The molecule has 0 saturated heterocycles. The van der Waals surface area contributed by atoms with Crippen molar-refractivity contribution < 1.29 is 19.0 Å². The second-order valence-electron chi connectivity index (χ2n) is 5.58. The number of ketones is 1. The third kappa shape index (κ3) is 3.32. The fraction of sp³-hybridized carbons (Fsp3) is 0.100. The van der Waals surface area contributed by atoms with Gasteiger partial charge in [0.1, 0.15) is 10.8 Å². The molecule has 0 bridgehead atoms. The van der Waals surface area contributed by atoms with Crippen LogP contribution in [0.5, 0.6) is 17.2 Å². The summed E-state index contributed by atoms with van der Waals surface area (Å²) in [6.45, 7) is 0.189. The van der Waals surface area contributed by atoms with Crippen molar-refractivity contribution in [1.29, 1.82) is 0 Å². The lowest BCUT2D eigenvalue weighted by Crippen LogP contribution is -1.94. The van der Waals surface area contributed by atoms with Crippen molar-refractivity contribution in [1.82, 2.24) is 4.98 Å². The molecule has 6 heteroatoms. The molecule has 1 aliphatic rings. The molecule has 0 atom stereocenters. The minimum Gasteiger partial charge on any atom is -0.497 e. The predicted molar refractivity (Wildman–Crippen MR) is 100 cm³/mol. The Labute approximate surface area is 154 Å². The quantitative estimate of drug-likeness (QED) is 0.494. The normalized spacial score (nSPS) is 12.5. The first-order valence-electron chi connectivity index (χ1n) is 7.95. The van der Waals surface area contributed by atoms with Gasteiger partial charge in [0.2, 0.25) is 6.79 Å². The van der Waals surface area contributed by atoms with Gasteiger partial charge in [0.25, 0.3) is 0 Å². The Hall–Kier alpha value is -3.12. The standard InChI is InChI=1S/C20H15NO4S/c1-23-16-4-2-3-14(9-16)20-21-15(11-26-20)6-7-17(22)13-5-8-18-19(10-13)25-12-24-18/h2-11H,12H2,1H3/b7-6+. The van der Waals surface area contributed by atoms with E-state index >= 15 is 0 Å². The van der Waals surface area contributed by atoms with Crippen molar-refractivity contribution in [3.05, 3.63) is 65.2 Å². The van der Waals surface area contributed by atoms with Gasteiger partial charge in [0.15, 0.2) is 17.3 Å². The molecule has 26 heavy (non-hydrogen) atoms. The van der Waals surface area contributed by atoms with Crippen LogP contribution in [0.25, 0.3) is 16.6 Å². The van der Waals surface area contributed by atoms with Crippen LogP contribution in [0, 0.1) is 0 Å². The summed E-state index contributed by atoms with van der Waals surface area (Å²) in [4.78, 5) is 16.9.